The summed E-state index contributed by atoms with van der Waals surface area (Å²) in [6, 6.07) is 15.1. The number of halogens is 1. The summed E-state index contributed by atoms with van der Waals surface area (Å²) in [6.07, 6.45) is 0.731. The second kappa shape index (κ2) is 7.17. The maximum Gasteiger partial charge on any atom is 0.259 e. The number of carbonyl (C=O) groups excluding carboxylic acids is 1. The van der Waals surface area contributed by atoms with Gasteiger partial charge in [0.15, 0.2) is 5.82 Å². The van der Waals surface area contributed by atoms with E-state index in [1.54, 1.807) is 30.0 Å². The third-order valence-electron chi connectivity index (χ3n) is 3.82. The molecule has 0 spiro atoms. The monoisotopic (exact) mass is 339 g/mol. The van der Waals surface area contributed by atoms with Crippen molar-refractivity contribution in [1.82, 2.24) is 9.78 Å². The van der Waals surface area contributed by atoms with Crippen LogP contribution in [0.3, 0.4) is 0 Å². The molecule has 0 unspecified atom stereocenters. The maximum absolute atomic E-state index is 13.7. The first kappa shape index (κ1) is 16.7. The SMILES string of the molecule is CCc1cc(NC(=O)c2ccccc2F)nn1-c1ccc(OC)cc1. The number of nitrogens with one attached hydrogen (secondary N) is 1. The molecule has 0 aliphatic carbocycles. The van der Waals surface area contributed by atoms with Gasteiger partial charge in [-0.15, -0.1) is 5.10 Å². The molecule has 0 radical (unpaired) electrons. The van der Waals surface area contributed by atoms with Crippen molar-refractivity contribution in [2.45, 2.75) is 13.3 Å². The molecule has 0 aliphatic heterocycles. The number of amides is 1. The van der Waals surface area contributed by atoms with Gasteiger partial charge in [-0.3, -0.25) is 4.79 Å². The van der Waals surface area contributed by atoms with Gasteiger partial charge in [-0.25, -0.2) is 9.07 Å². The molecule has 3 rings (SSSR count). The number of nitrogens with zero attached hydrogens (tertiary/aromatic N) is 2. The highest BCUT2D eigenvalue weighted by Gasteiger charge is 2.14. The number of hydrogen-bond donors (Lipinski definition) is 1. The van der Waals surface area contributed by atoms with Crippen LogP contribution in [0.5, 0.6) is 5.75 Å². The van der Waals surface area contributed by atoms with E-state index in [-0.39, 0.29) is 5.56 Å². The van der Waals surface area contributed by atoms with Crippen LogP contribution in [-0.2, 0) is 6.42 Å². The number of ether oxygens (including phenoxy) is 1. The molecule has 0 fully saturated rings. The van der Waals surface area contributed by atoms with Crippen LogP contribution in [0.1, 0.15) is 23.0 Å². The topological polar surface area (TPSA) is 56.2 Å². The van der Waals surface area contributed by atoms with E-state index in [0.29, 0.717) is 5.82 Å². The molecule has 5 nitrogen and oxygen atoms in total. The van der Waals surface area contributed by atoms with Gasteiger partial charge in [-0.05, 0) is 42.8 Å². The molecule has 0 saturated carbocycles. The van der Waals surface area contributed by atoms with E-state index in [1.807, 2.05) is 31.2 Å². The molecule has 3 aromatic rings. The molecule has 0 bridgehead atoms. The Bertz CT molecular complexity index is 888. The van der Waals surface area contributed by atoms with E-state index < -0.39 is 11.7 Å². The van der Waals surface area contributed by atoms with Crippen molar-refractivity contribution in [2.75, 3.05) is 12.4 Å². The zero-order chi connectivity index (χ0) is 17.8. The van der Waals surface area contributed by atoms with Crippen LogP contribution in [0.2, 0.25) is 0 Å². The van der Waals surface area contributed by atoms with Gasteiger partial charge in [-0.2, -0.15) is 0 Å². The molecule has 128 valence electrons. The molecule has 6 heteroatoms. The summed E-state index contributed by atoms with van der Waals surface area (Å²) in [7, 11) is 1.61. The first-order chi connectivity index (χ1) is 12.1. The van der Waals surface area contributed by atoms with E-state index in [1.165, 1.54) is 12.1 Å². The van der Waals surface area contributed by atoms with Crippen LogP contribution in [0, 0.1) is 5.82 Å². The Labute approximate surface area is 145 Å². The molecule has 1 amide bonds. The van der Waals surface area contributed by atoms with Crippen LogP contribution < -0.4 is 10.1 Å². The molecule has 0 saturated heterocycles. The van der Waals surface area contributed by atoms with E-state index in [0.717, 1.165) is 23.6 Å². The summed E-state index contributed by atoms with van der Waals surface area (Å²) in [5.41, 5.74) is 1.76. The fourth-order valence-corrected chi connectivity index (χ4v) is 2.51. The number of methoxy groups -OCH3 is 1. The minimum atomic E-state index is -0.565. The van der Waals surface area contributed by atoms with E-state index >= 15 is 0 Å². The smallest absolute Gasteiger partial charge is 0.259 e. The molecular formula is C19H18FN3O2. The van der Waals surface area contributed by atoms with Gasteiger partial charge in [0.25, 0.3) is 5.91 Å². The summed E-state index contributed by atoms with van der Waals surface area (Å²) < 4.78 is 20.6. The third-order valence-corrected chi connectivity index (χ3v) is 3.82. The molecule has 0 atom stereocenters. The molecule has 1 heterocycles. The lowest BCUT2D eigenvalue weighted by Gasteiger charge is -2.07. The average Bonchev–Trinajstić information content (AvgIpc) is 3.05. The Morgan fingerprint density at radius 3 is 2.56 bits per heavy atom. The van der Waals surface area contributed by atoms with E-state index in [4.69, 9.17) is 4.74 Å². The van der Waals surface area contributed by atoms with Crippen LogP contribution in [0.4, 0.5) is 10.2 Å². The number of aryl methyl sites for hydroxylation is 1. The number of carbonyl (C=O) groups is 1. The van der Waals surface area contributed by atoms with Gasteiger partial charge in [-0.1, -0.05) is 19.1 Å². The summed E-state index contributed by atoms with van der Waals surface area (Å²) in [5, 5.41) is 7.07. The summed E-state index contributed by atoms with van der Waals surface area (Å²) in [5.74, 6) is 0.0355. The number of aromatic nitrogens is 2. The Morgan fingerprint density at radius 2 is 1.92 bits per heavy atom. The van der Waals surface area contributed by atoms with Crippen molar-refractivity contribution in [3.8, 4) is 11.4 Å². The summed E-state index contributed by atoms with van der Waals surface area (Å²) in [4.78, 5) is 12.2. The molecule has 25 heavy (non-hydrogen) atoms. The summed E-state index contributed by atoms with van der Waals surface area (Å²) in [6.45, 7) is 2.00. The third kappa shape index (κ3) is 3.52. The number of benzene rings is 2. The van der Waals surface area contributed by atoms with Gasteiger partial charge in [0.2, 0.25) is 0 Å². The Kier molecular flexibility index (Phi) is 4.79. The van der Waals surface area contributed by atoms with E-state index in [2.05, 4.69) is 10.4 Å². The van der Waals surface area contributed by atoms with Gasteiger partial charge in [0.1, 0.15) is 11.6 Å². The molecule has 1 N–H and O–H groups in total. The lowest BCUT2D eigenvalue weighted by molar-refractivity contribution is 0.102. The second-order valence-corrected chi connectivity index (χ2v) is 5.42. The lowest BCUT2D eigenvalue weighted by atomic mass is 10.2. The largest absolute Gasteiger partial charge is 0.497 e. The van der Waals surface area contributed by atoms with Crippen molar-refractivity contribution >= 4 is 11.7 Å². The highest BCUT2D eigenvalue weighted by atomic mass is 19.1. The number of rotatable bonds is 5. The highest BCUT2D eigenvalue weighted by Crippen LogP contribution is 2.20. The minimum absolute atomic E-state index is 0.0143. The molecule has 1 aromatic heterocycles. The number of anilines is 1. The lowest BCUT2D eigenvalue weighted by Crippen LogP contribution is -2.14. The van der Waals surface area contributed by atoms with Crippen LogP contribution in [-0.4, -0.2) is 22.8 Å². The Balaban J connectivity index is 1.87. The minimum Gasteiger partial charge on any atom is -0.497 e. The molecule has 0 aliphatic rings. The van der Waals surface area contributed by atoms with Crippen LogP contribution in [0.25, 0.3) is 5.69 Å². The average molecular weight is 339 g/mol. The van der Waals surface area contributed by atoms with Gasteiger partial charge < -0.3 is 10.1 Å². The molecular weight excluding hydrogens is 321 g/mol. The zero-order valence-corrected chi connectivity index (χ0v) is 14.0. The Morgan fingerprint density at radius 1 is 1.20 bits per heavy atom. The normalized spacial score (nSPS) is 10.5. The van der Waals surface area contributed by atoms with Crippen molar-refractivity contribution in [1.29, 1.82) is 0 Å². The molecule has 2 aromatic carbocycles. The first-order valence-electron chi connectivity index (χ1n) is 7.91. The predicted molar refractivity (Wildman–Crippen MR) is 93.8 cm³/mol. The standard InChI is InChI=1S/C19H18FN3O2/c1-3-13-12-18(21-19(24)16-6-4-5-7-17(16)20)22-23(13)14-8-10-15(25-2)11-9-14/h4-12H,3H2,1-2H3,(H,21,22,24). The first-order valence-corrected chi connectivity index (χ1v) is 7.91. The number of hydrogen-bond acceptors (Lipinski definition) is 3. The van der Waals surface area contributed by atoms with Gasteiger partial charge in [0.05, 0.1) is 18.4 Å². The van der Waals surface area contributed by atoms with Crippen LogP contribution in [0.15, 0.2) is 54.6 Å². The zero-order valence-electron chi connectivity index (χ0n) is 14.0. The van der Waals surface area contributed by atoms with Crippen molar-refractivity contribution < 1.29 is 13.9 Å². The highest BCUT2D eigenvalue weighted by molar-refractivity contribution is 6.03. The quantitative estimate of drug-likeness (QED) is 0.768. The maximum atomic E-state index is 13.7. The fourth-order valence-electron chi connectivity index (χ4n) is 2.51. The second-order valence-electron chi connectivity index (χ2n) is 5.42. The predicted octanol–water partition coefficient (Wildman–Crippen LogP) is 3.83. The van der Waals surface area contributed by atoms with E-state index in [9.17, 15) is 9.18 Å². The van der Waals surface area contributed by atoms with Crippen molar-refractivity contribution in [3.05, 3.63) is 71.7 Å². The van der Waals surface area contributed by atoms with Crippen LogP contribution >= 0.6 is 0 Å². The summed E-state index contributed by atoms with van der Waals surface area (Å²) >= 11 is 0. The van der Waals surface area contributed by atoms with Gasteiger partial charge in [0, 0.05) is 11.8 Å². The fraction of sp³-hybridized carbons (Fsp3) is 0.158. The van der Waals surface area contributed by atoms with Crippen molar-refractivity contribution in [3.63, 3.8) is 0 Å². The van der Waals surface area contributed by atoms with Gasteiger partial charge >= 0.3 is 0 Å². The Hall–Kier alpha value is -3.15. The van der Waals surface area contributed by atoms with Crippen molar-refractivity contribution in [2.24, 2.45) is 0 Å².